The minimum Gasteiger partial charge on any atom is -0.469 e. The standard InChI is InChI=1S/C20H34O3/c1-5-6-13-18-16(2)17(3)19(23-18)14-11-9-7-8-10-12-15-20(21)22-4/h5-15H2,1-4H3. The van der Waals surface area contributed by atoms with Crippen LogP contribution in [0.3, 0.4) is 0 Å². The Balaban J connectivity index is 2.17. The van der Waals surface area contributed by atoms with Crippen LogP contribution in [-0.4, -0.2) is 13.1 Å². The molecule has 0 fully saturated rings. The average Bonchev–Trinajstić information content (AvgIpc) is 2.82. The molecule has 1 aromatic heterocycles. The summed E-state index contributed by atoms with van der Waals surface area (Å²) in [5.41, 5.74) is 2.71. The number of aryl methyl sites for hydroxylation is 2. The lowest BCUT2D eigenvalue weighted by Gasteiger charge is -2.02. The number of hydrogen-bond acceptors (Lipinski definition) is 3. The number of carbonyl (C=O) groups excluding carboxylic acids is 1. The van der Waals surface area contributed by atoms with Gasteiger partial charge in [0, 0.05) is 19.3 Å². The Kier molecular flexibility index (Phi) is 9.74. The lowest BCUT2D eigenvalue weighted by Crippen LogP contribution is -1.99. The fraction of sp³-hybridized carbons (Fsp3) is 0.750. The van der Waals surface area contributed by atoms with Crippen molar-refractivity contribution in [2.24, 2.45) is 0 Å². The van der Waals surface area contributed by atoms with E-state index >= 15 is 0 Å². The third-order valence-corrected chi connectivity index (χ3v) is 4.67. The smallest absolute Gasteiger partial charge is 0.305 e. The predicted molar refractivity (Wildman–Crippen MR) is 94.8 cm³/mol. The first-order valence-corrected chi connectivity index (χ1v) is 9.24. The quantitative estimate of drug-likeness (QED) is 0.367. The zero-order chi connectivity index (χ0) is 17.1. The van der Waals surface area contributed by atoms with Crippen LogP contribution in [0.15, 0.2) is 4.42 Å². The van der Waals surface area contributed by atoms with Crippen molar-refractivity contribution in [1.82, 2.24) is 0 Å². The van der Waals surface area contributed by atoms with E-state index in [1.807, 2.05) is 0 Å². The molecule has 132 valence electrons. The summed E-state index contributed by atoms with van der Waals surface area (Å²) in [7, 11) is 1.45. The van der Waals surface area contributed by atoms with Crippen molar-refractivity contribution in [2.75, 3.05) is 7.11 Å². The SMILES string of the molecule is CCCCc1oc(CCCCCCCCC(=O)OC)c(C)c1C. The van der Waals surface area contributed by atoms with Crippen LogP contribution >= 0.6 is 0 Å². The van der Waals surface area contributed by atoms with Crippen LogP contribution in [0.1, 0.15) is 87.4 Å². The van der Waals surface area contributed by atoms with Gasteiger partial charge in [-0.1, -0.05) is 39.0 Å². The van der Waals surface area contributed by atoms with Crippen molar-refractivity contribution >= 4 is 5.97 Å². The van der Waals surface area contributed by atoms with Gasteiger partial charge in [-0.3, -0.25) is 4.79 Å². The highest BCUT2D eigenvalue weighted by atomic mass is 16.5. The van der Waals surface area contributed by atoms with Crippen LogP contribution in [0.5, 0.6) is 0 Å². The first-order chi connectivity index (χ1) is 11.1. The van der Waals surface area contributed by atoms with Gasteiger partial charge in [0.15, 0.2) is 0 Å². The van der Waals surface area contributed by atoms with E-state index in [1.54, 1.807) is 0 Å². The normalized spacial score (nSPS) is 11.0. The second-order valence-corrected chi connectivity index (χ2v) is 6.50. The fourth-order valence-electron chi connectivity index (χ4n) is 2.90. The van der Waals surface area contributed by atoms with E-state index in [0.717, 1.165) is 25.7 Å². The molecule has 3 nitrogen and oxygen atoms in total. The third-order valence-electron chi connectivity index (χ3n) is 4.67. The Bertz CT molecular complexity index is 460. The van der Waals surface area contributed by atoms with Gasteiger partial charge in [-0.25, -0.2) is 0 Å². The van der Waals surface area contributed by atoms with Crippen molar-refractivity contribution in [3.63, 3.8) is 0 Å². The third kappa shape index (κ3) is 7.24. The Morgan fingerprint density at radius 2 is 1.39 bits per heavy atom. The molecule has 0 spiro atoms. The maximum absolute atomic E-state index is 11.0. The molecule has 0 saturated heterocycles. The molecule has 1 heterocycles. The van der Waals surface area contributed by atoms with Crippen LogP contribution in [0, 0.1) is 13.8 Å². The Labute approximate surface area is 141 Å². The van der Waals surface area contributed by atoms with E-state index in [9.17, 15) is 4.79 Å². The largest absolute Gasteiger partial charge is 0.469 e. The van der Waals surface area contributed by atoms with Crippen LogP contribution in [0.2, 0.25) is 0 Å². The van der Waals surface area contributed by atoms with Gasteiger partial charge in [-0.2, -0.15) is 0 Å². The van der Waals surface area contributed by atoms with Crippen molar-refractivity contribution in [3.8, 4) is 0 Å². The second kappa shape index (κ2) is 11.3. The highest BCUT2D eigenvalue weighted by molar-refractivity contribution is 5.68. The van der Waals surface area contributed by atoms with Crippen LogP contribution in [0.4, 0.5) is 0 Å². The molecule has 0 radical (unpaired) electrons. The number of methoxy groups -OCH3 is 1. The van der Waals surface area contributed by atoms with Gasteiger partial charge in [0.2, 0.25) is 0 Å². The maximum atomic E-state index is 11.0. The molecule has 0 bridgehead atoms. The molecule has 0 aliphatic carbocycles. The van der Waals surface area contributed by atoms with Gasteiger partial charge < -0.3 is 9.15 Å². The second-order valence-electron chi connectivity index (χ2n) is 6.50. The summed E-state index contributed by atoms with van der Waals surface area (Å²) in [6, 6.07) is 0. The molecular weight excluding hydrogens is 288 g/mol. The molecule has 0 aliphatic rings. The zero-order valence-electron chi connectivity index (χ0n) is 15.5. The summed E-state index contributed by atoms with van der Waals surface area (Å²) in [5.74, 6) is 2.30. The fourth-order valence-corrected chi connectivity index (χ4v) is 2.90. The monoisotopic (exact) mass is 322 g/mol. The Morgan fingerprint density at radius 3 is 1.96 bits per heavy atom. The molecule has 0 atom stereocenters. The molecule has 0 unspecified atom stereocenters. The first-order valence-electron chi connectivity index (χ1n) is 9.24. The number of carbonyl (C=O) groups is 1. The van der Waals surface area contributed by atoms with Crippen LogP contribution in [0.25, 0.3) is 0 Å². The van der Waals surface area contributed by atoms with Crippen molar-refractivity contribution in [2.45, 2.75) is 91.4 Å². The molecule has 1 rings (SSSR count). The van der Waals surface area contributed by atoms with E-state index in [1.165, 1.54) is 68.3 Å². The highest BCUT2D eigenvalue weighted by Crippen LogP contribution is 2.24. The van der Waals surface area contributed by atoms with Gasteiger partial charge in [0.05, 0.1) is 7.11 Å². The molecule has 1 aromatic rings. The lowest BCUT2D eigenvalue weighted by atomic mass is 10.0. The van der Waals surface area contributed by atoms with Crippen molar-refractivity contribution in [1.29, 1.82) is 0 Å². The van der Waals surface area contributed by atoms with E-state index < -0.39 is 0 Å². The van der Waals surface area contributed by atoms with Crippen molar-refractivity contribution < 1.29 is 13.9 Å². The minimum atomic E-state index is -0.0902. The molecule has 0 aliphatic heterocycles. The van der Waals surface area contributed by atoms with Crippen LogP contribution < -0.4 is 0 Å². The number of rotatable bonds is 12. The predicted octanol–water partition coefficient (Wildman–Crippen LogP) is 5.69. The summed E-state index contributed by atoms with van der Waals surface area (Å²) in [6.07, 6.45) is 12.0. The summed E-state index contributed by atoms with van der Waals surface area (Å²) in [6.45, 7) is 6.60. The minimum absolute atomic E-state index is 0.0902. The zero-order valence-corrected chi connectivity index (χ0v) is 15.5. The Morgan fingerprint density at radius 1 is 0.870 bits per heavy atom. The first kappa shape index (κ1) is 19.8. The molecule has 0 amide bonds. The van der Waals surface area contributed by atoms with Crippen molar-refractivity contribution in [3.05, 3.63) is 22.6 Å². The summed E-state index contributed by atoms with van der Waals surface area (Å²) in [5, 5.41) is 0. The lowest BCUT2D eigenvalue weighted by molar-refractivity contribution is -0.140. The van der Waals surface area contributed by atoms with E-state index in [4.69, 9.17) is 4.42 Å². The average molecular weight is 322 g/mol. The molecule has 23 heavy (non-hydrogen) atoms. The van der Waals surface area contributed by atoms with Gasteiger partial charge >= 0.3 is 5.97 Å². The summed E-state index contributed by atoms with van der Waals surface area (Å²) >= 11 is 0. The summed E-state index contributed by atoms with van der Waals surface area (Å²) < 4.78 is 10.7. The van der Waals surface area contributed by atoms with E-state index in [2.05, 4.69) is 25.5 Å². The van der Waals surface area contributed by atoms with Gasteiger partial charge in [-0.15, -0.1) is 0 Å². The number of esters is 1. The number of hydrogen-bond donors (Lipinski definition) is 0. The Hall–Kier alpha value is -1.25. The van der Waals surface area contributed by atoms with E-state index in [-0.39, 0.29) is 5.97 Å². The summed E-state index contributed by atoms with van der Waals surface area (Å²) in [4.78, 5) is 11.0. The highest BCUT2D eigenvalue weighted by Gasteiger charge is 2.12. The molecule has 0 aromatic carbocycles. The van der Waals surface area contributed by atoms with E-state index in [0.29, 0.717) is 6.42 Å². The van der Waals surface area contributed by atoms with Gasteiger partial charge in [-0.05, 0) is 44.2 Å². The van der Waals surface area contributed by atoms with Gasteiger partial charge in [0.25, 0.3) is 0 Å². The molecule has 3 heteroatoms. The number of furan rings is 1. The number of ether oxygens (including phenoxy) is 1. The molecular formula is C20H34O3. The maximum Gasteiger partial charge on any atom is 0.305 e. The topological polar surface area (TPSA) is 39.4 Å². The van der Waals surface area contributed by atoms with Crippen LogP contribution in [-0.2, 0) is 22.4 Å². The van der Waals surface area contributed by atoms with Gasteiger partial charge in [0.1, 0.15) is 11.5 Å². The molecule has 0 N–H and O–H groups in total. The number of unbranched alkanes of at least 4 members (excludes halogenated alkanes) is 6. The molecule has 0 saturated carbocycles.